The van der Waals surface area contributed by atoms with Crippen molar-refractivity contribution in [2.45, 2.75) is 32.9 Å². The minimum absolute atomic E-state index is 0.0331. The first kappa shape index (κ1) is 17.8. The summed E-state index contributed by atoms with van der Waals surface area (Å²) >= 11 is 0. The van der Waals surface area contributed by atoms with Gasteiger partial charge < -0.3 is 9.64 Å². The van der Waals surface area contributed by atoms with Crippen LogP contribution in [0, 0.1) is 11.6 Å². The monoisotopic (exact) mass is 334 g/mol. The van der Waals surface area contributed by atoms with E-state index in [1.54, 1.807) is 24.5 Å². The van der Waals surface area contributed by atoms with E-state index in [4.69, 9.17) is 4.74 Å². The van der Waals surface area contributed by atoms with Gasteiger partial charge in [-0.05, 0) is 31.0 Å². The molecule has 0 aliphatic rings. The Balaban J connectivity index is 2.38. The lowest BCUT2D eigenvalue weighted by atomic mass is 10.1. The fourth-order valence-electron chi connectivity index (χ4n) is 2.35. The quantitative estimate of drug-likeness (QED) is 0.807. The number of rotatable bonds is 6. The summed E-state index contributed by atoms with van der Waals surface area (Å²) in [6.07, 6.45) is 3.89. The van der Waals surface area contributed by atoms with Crippen molar-refractivity contribution in [2.24, 2.45) is 0 Å². The van der Waals surface area contributed by atoms with E-state index in [2.05, 4.69) is 4.98 Å². The summed E-state index contributed by atoms with van der Waals surface area (Å²) in [5.74, 6) is -2.51. The van der Waals surface area contributed by atoms with Gasteiger partial charge in [0.25, 0.3) is 5.91 Å². The summed E-state index contributed by atoms with van der Waals surface area (Å²) in [5, 5.41) is 0. The number of hydrogen-bond donors (Lipinski definition) is 0. The smallest absolute Gasteiger partial charge is 0.260 e. The van der Waals surface area contributed by atoms with E-state index >= 15 is 0 Å². The lowest BCUT2D eigenvalue weighted by Crippen LogP contribution is -2.38. The van der Waals surface area contributed by atoms with E-state index in [-0.39, 0.29) is 18.3 Å². The predicted molar refractivity (Wildman–Crippen MR) is 86.8 cm³/mol. The van der Waals surface area contributed by atoms with Crippen LogP contribution in [0.4, 0.5) is 8.78 Å². The molecule has 1 aromatic carbocycles. The molecule has 0 spiro atoms. The molecule has 0 saturated carbocycles. The topological polar surface area (TPSA) is 42.4 Å². The van der Waals surface area contributed by atoms with Crippen molar-refractivity contribution in [3.8, 4) is 5.75 Å². The molecule has 0 fully saturated rings. The summed E-state index contributed by atoms with van der Waals surface area (Å²) in [6.45, 7) is 4.01. The van der Waals surface area contributed by atoms with Crippen molar-refractivity contribution in [1.82, 2.24) is 9.88 Å². The molecular weight excluding hydrogens is 314 g/mol. The van der Waals surface area contributed by atoms with Gasteiger partial charge in [-0.3, -0.25) is 9.78 Å². The van der Waals surface area contributed by atoms with Crippen LogP contribution >= 0.6 is 0 Å². The highest BCUT2D eigenvalue weighted by Gasteiger charge is 2.27. The number of halogens is 2. The molecule has 0 N–H and O–H groups in total. The van der Waals surface area contributed by atoms with Crippen LogP contribution in [0.25, 0.3) is 0 Å². The maximum absolute atomic E-state index is 14.2. The number of amides is 1. The molecule has 2 aromatic rings. The van der Waals surface area contributed by atoms with Gasteiger partial charge in [-0.1, -0.05) is 6.92 Å². The highest BCUT2D eigenvalue weighted by molar-refractivity contribution is 5.95. The summed E-state index contributed by atoms with van der Waals surface area (Å²) < 4.78 is 33.3. The van der Waals surface area contributed by atoms with E-state index < -0.39 is 23.1 Å². The van der Waals surface area contributed by atoms with E-state index in [1.165, 1.54) is 12.0 Å². The zero-order valence-corrected chi connectivity index (χ0v) is 13.9. The standard InChI is InChI=1S/C18H20F2N2O2/c1-4-12(2)22(11-13-5-7-21-8-6-13)18(23)17-15(19)9-14(24-3)10-16(17)20/h5-10,12H,4,11H2,1-3H3/t12-/m1/s1. The number of ether oxygens (including phenoxy) is 1. The van der Waals surface area contributed by atoms with Crippen LogP contribution in [0.3, 0.4) is 0 Å². The second-order valence-electron chi connectivity index (χ2n) is 5.51. The van der Waals surface area contributed by atoms with E-state index in [1.807, 2.05) is 13.8 Å². The Hall–Kier alpha value is -2.50. The van der Waals surface area contributed by atoms with Crippen molar-refractivity contribution in [1.29, 1.82) is 0 Å². The van der Waals surface area contributed by atoms with Crippen molar-refractivity contribution in [3.05, 3.63) is 59.4 Å². The first-order valence-electron chi connectivity index (χ1n) is 7.70. The molecule has 0 radical (unpaired) electrons. The molecule has 1 amide bonds. The molecule has 4 nitrogen and oxygen atoms in total. The Morgan fingerprint density at radius 2 is 1.83 bits per heavy atom. The van der Waals surface area contributed by atoms with Gasteiger partial charge in [-0.15, -0.1) is 0 Å². The minimum atomic E-state index is -0.931. The number of carbonyl (C=O) groups excluding carboxylic acids is 1. The number of hydrogen-bond acceptors (Lipinski definition) is 3. The van der Waals surface area contributed by atoms with Gasteiger partial charge in [0.2, 0.25) is 0 Å². The van der Waals surface area contributed by atoms with Gasteiger partial charge in [0.1, 0.15) is 22.9 Å². The summed E-state index contributed by atoms with van der Waals surface area (Å²) in [6, 6.07) is 5.38. The molecule has 0 bridgehead atoms. The molecule has 24 heavy (non-hydrogen) atoms. The molecule has 128 valence electrons. The SMILES string of the molecule is CC[C@@H](C)N(Cc1ccncc1)C(=O)c1c(F)cc(OC)cc1F. The average molecular weight is 334 g/mol. The molecule has 1 aromatic heterocycles. The summed E-state index contributed by atoms with van der Waals surface area (Å²) in [5.41, 5.74) is 0.276. The zero-order chi connectivity index (χ0) is 17.7. The van der Waals surface area contributed by atoms with Gasteiger partial charge >= 0.3 is 0 Å². The number of aromatic nitrogens is 1. The van der Waals surface area contributed by atoms with Crippen LogP contribution in [0.1, 0.15) is 36.2 Å². The van der Waals surface area contributed by atoms with Crippen LogP contribution in [-0.4, -0.2) is 28.9 Å². The Morgan fingerprint density at radius 1 is 1.25 bits per heavy atom. The van der Waals surface area contributed by atoms with Gasteiger partial charge in [0.05, 0.1) is 7.11 Å². The fourth-order valence-corrected chi connectivity index (χ4v) is 2.35. The fraction of sp³-hybridized carbons (Fsp3) is 0.333. The molecule has 1 heterocycles. The first-order valence-corrected chi connectivity index (χ1v) is 7.70. The maximum atomic E-state index is 14.2. The number of benzene rings is 1. The highest BCUT2D eigenvalue weighted by atomic mass is 19.1. The van der Waals surface area contributed by atoms with Gasteiger partial charge in [0.15, 0.2) is 0 Å². The third-order valence-electron chi connectivity index (χ3n) is 3.95. The van der Waals surface area contributed by atoms with Crippen molar-refractivity contribution in [2.75, 3.05) is 7.11 Å². The first-order chi connectivity index (χ1) is 11.5. The second kappa shape index (κ2) is 7.86. The van der Waals surface area contributed by atoms with Crippen LogP contribution in [-0.2, 0) is 6.54 Å². The number of nitrogens with zero attached hydrogens (tertiary/aromatic N) is 2. The van der Waals surface area contributed by atoms with Crippen LogP contribution in [0.15, 0.2) is 36.7 Å². The average Bonchev–Trinajstić information content (AvgIpc) is 2.59. The minimum Gasteiger partial charge on any atom is -0.497 e. The highest BCUT2D eigenvalue weighted by Crippen LogP contribution is 2.24. The van der Waals surface area contributed by atoms with Gasteiger partial charge in [-0.25, -0.2) is 8.78 Å². The molecular formula is C18H20F2N2O2. The summed E-state index contributed by atoms with van der Waals surface area (Å²) in [4.78, 5) is 18.2. The van der Waals surface area contributed by atoms with Gasteiger partial charge in [0, 0.05) is 37.1 Å². The Bertz CT molecular complexity index is 684. The van der Waals surface area contributed by atoms with Crippen molar-refractivity contribution < 1.29 is 18.3 Å². The van der Waals surface area contributed by atoms with Gasteiger partial charge in [-0.2, -0.15) is 0 Å². The number of methoxy groups -OCH3 is 1. The number of pyridine rings is 1. The van der Waals surface area contributed by atoms with Crippen LogP contribution < -0.4 is 4.74 Å². The van der Waals surface area contributed by atoms with Crippen molar-refractivity contribution >= 4 is 5.91 Å². The Labute approximate surface area is 140 Å². The molecule has 0 aliphatic heterocycles. The number of carbonyl (C=O) groups is 1. The van der Waals surface area contributed by atoms with Crippen LogP contribution in [0.5, 0.6) is 5.75 Å². The maximum Gasteiger partial charge on any atom is 0.260 e. The van der Waals surface area contributed by atoms with Crippen molar-refractivity contribution in [3.63, 3.8) is 0 Å². The Kier molecular flexibility index (Phi) is 5.84. The van der Waals surface area contributed by atoms with Crippen LogP contribution in [0.2, 0.25) is 0 Å². The third-order valence-corrected chi connectivity index (χ3v) is 3.95. The lowest BCUT2D eigenvalue weighted by molar-refractivity contribution is 0.0661. The third kappa shape index (κ3) is 3.88. The molecule has 6 heteroatoms. The second-order valence-corrected chi connectivity index (χ2v) is 5.51. The summed E-state index contributed by atoms with van der Waals surface area (Å²) in [7, 11) is 1.31. The largest absolute Gasteiger partial charge is 0.497 e. The molecule has 1 atom stereocenters. The van der Waals surface area contributed by atoms with E-state index in [0.29, 0.717) is 6.42 Å². The van der Waals surface area contributed by atoms with E-state index in [0.717, 1.165) is 17.7 Å². The normalized spacial score (nSPS) is 11.9. The molecule has 0 unspecified atom stereocenters. The molecule has 0 aliphatic carbocycles. The Morgan fingerprint density at radius 3 is 2.33 bits per heavy atom. The molecule has 0 saturated heterocycles. The lowest BCUT2D eigenvalue weighted by Gasteiger charge is -2.29. The predicted octanol–water partition coefficient (Wildman–Crippen LogP) is 3.81. The molecule has 2 rings (SSSR count). The van der Waals surface area contributed by atoms with E-state index in [9.17, 15) is 13.6 Å². The zero-order valence-electron chi connectivity index (χ0n) is 13.9.